The van der Waals surface area contributed by atoms with Crippen LogP contribution in [0, 0.1) is 5.41 Å². The first-order valence-corrected chi connectivity index (χ1v) is 6.48. The average molecular weight is 279 g/mol. The van der Waals surface area contributed by atoms with Gasteiger partial charge < -0.3 is 20.6 Å². The predicted octanol–water partition coefficient (Wildman–Crippen LogP) is 1.47. The van der Waals surface area contributed by atoms with E-state index in [1.165, 1.54) is 12.1 Å². The van der Waals surface area contributed by atoms with Crippen LogP contribution >= 0.6 is 0 Å². The molecule has 0 aliphatic heterocycles. The molecule has 0 radical (unpaired) electrons. The number of nitrogens with one attached hydrogen (secondary N) is 1. The van der Waals surface area contributed by atoms with Gasteiger partial charge in [0.25, 0.3) is 5.91 Å². The summed E-state index contributed by atoms with van der Waals surface area (Å²) in [7, 11) is 0. The molecule has 0 spiro atoms. The zero-order valence-corrected chi connectivity index (χ0v) is 10.9. The molecule has 0 bridgehead atoms. The van der Waals surface area contributed by atoms with Crippen molar-refractivity contribution in [2.75, 3.05) is 6.54 Å². The average Bonchev–Trinajstić information content (AvgIpc) is 2.89. The summed E-state index contributed by atoms with van der Waals surface area (Å²) in [4.78, 5) is 23.3. The van der Waals surface area contributed by atoms with Gasteiger partial charge in [-0.2, -0.15) is 0 Å². The number of carboxylic acid groups (broad SMARTS) is 1. The molecule has 2 rings (SSSR count). The Morgan fingerprint density at radius 3 is 2.45 bits per heavy atom. The minimum atomic E-state index is -0.915. The Morgan fingerprint density at radius 1 is 1.20 bits per heavy atom. The Bertz CT molecular complexity index is 534. The zero-order valence-electron chi connectivity index (χ0n) is 10.9. The van der Waals surface area contributed by atoms with E-state index in [1.54, 1.807) is 0 Å². The van der Waals surface area contributed by atoms with Crippen molar-refractivity contribution in [2.24, 2.45) is 5.41 Å². The molecule has 1 aliphatic rings. The largest absolute Gasteiger partial charge is 0.508 e. The van der Waals surface area contributed by atoms with Crippen LogP contribution in [0.4, 0.5) is 0 Å². The van der Waals surface area contributed by atoms with Crippen molar-refractivity contribution in [3.63, 3.8) is 0 Å². The van der Waals surface area contributed by atoms with Gasteiger partial charge in [0.2, 0.25) is 0 Å². The fourth-order valence-electron chi connectivity index (χ4n) is 2.57. The van der Waals surface area contributed by atoms with Crippen molar-refractivity contribution in [3.05, 3.63) is 23.8 Å². The van der Waals surface area contributed by atoms with E-state index in [0.717, 1.165) is 18.9 Å². The van der Waals surface area contributed by atoms with Crippen molar-refractivity contribution in [3.8, 4) is 11.5 Å². The SMILES string of the molecule is O=C(NCC1(C(=O)O)CCCC1)c1cc(O)ccc1O. The number of phenols is 2. The van der Waals surface area contributed by atoms with Crippen molar-refractivity contribution in [2.45, 2.75) is 25.7 Å². The van der Waals surface area contributed by atoms with E-state index in [0.29, 0.717) is 12.8 Å². The van der Waals surface area contributed by atoms with Crippen molar-refractivity contribution < 1.29 is 24.9 Å². The van der Waals surface area contributed by atoms with Crippen molar-refractivity contribution in [1.29, 1.82) is 0 Å². The lowest BCUT2D eigenvalue weighted by atomic mass is 9.86. The van der Waals surface area contributed by atoms with Gasteiger partial charge in [-0.1, -0.05) is 12.8 Å². The highest BCUT2D eigenvalue weighted by Gasteiger charge is 2.41. The monoisotopic (exact) mass is 279 g/mol. The molecule has 6 heteroatoms. The van der Waals surface area contributed by atoms with Gasteiger partial charge in [-0.3, -0.25) is 9.59 Å². The number of carbonyl (C=O) groups excluding carboxylic acids is 1. The van der Waals surface area contributed by atoms with E-state index in [1.807, 2.05) is 0 Å². The molecule has 6 nitrogen and oxygen atoms in total. The summed E-state index contributed by atoms with van der Waals surface area (Å²) in [5.41, 5.74) is -0.981. The van der Waals surface area contributed by atoms with E-state index in [2.05, 4.69) is 5.32 Å². The Kier molecular flexibility index (Phi) is 3.83. The van der Waals surface area contributed by atoms with Crippen LogP contribution in [-0.2, 0) is 4.79 Å². The van der Waals surface area contributed by atoms with E-state index in [-0.39, 0.29) is 23.6 Å². The van der Waals surface area contributed by atoms with E-state index < -0.39 is 17.3 Å². The number of hydrogen-bond acceptors (Lipinski definition) is 4. The van der Waals surface area contributed by atoms with Gasteiger partial charge in [-0.15, -0.1) is 0 Å². The molecule has 20 heavy (non-hydrogen) atoms. The number of carboxylic acids is 1. The first kappa shape index (κ1) is 14.2. The van der Waals surface area contributed by atoms with Gasteiger partial charge in [0.1, 0.15) is 11.5 Å². The molecule has 108 valence electrons. The molecule has 1 saturated carbocycles. The molecule has 0 heterocycles. The van der Waals surface area contributed by atoms with Gasteiger partial charge in [-0.05, 0) is 31.0 Å². The molecule has 1 fully saturated rings. The third-order valence-corrected chi connectivity index (χ3v) is 3.83. The minimum Gasteiger partial charge on any atom is -0.508 e. The molecule has 0 unspecified atom stereocenters. The number of hydrogen-bond donors (Lipinski definition) is 4. The fourth-order valence-corrected chi connectivity index (χ4v) is 2.57. The normalized spacial score (nSPS) is 16.8. The summed E-state index contributed by atoms with van der Waals surface area (Å²) in [5, 5.41) is 30.7. The first-order valence-electron chi connectivity index (χ1n) is 6.48. The van der Waals surface area contributed by atoms with Gasteiger partial charge in [-0.25, -0.2) is 0 Å². The maximum Gasteiger partial charge on any atom is 0.311 e. The number of aliphatic carboxylic acids is 1. The number of carbonyl (C=O) groups is 2. The van der Waals surface area contributed by atoms with Crippen molar-refractivity contribution in [1.82, 2.24) is 5.32 Å². The van der Waals surface area contributed by atoms with Gasteiger partial charge in [0, 0.05) is 6.54 Å². The van der Waals surface area contributed by atoms with Gasteiger partial charge in [0.05, 0.1) is 11.0 Å². The summed E-state index contributed by atoms with van der Waals surface area (Å²) in [6.07, 6.45) is 2.74. The molecule has 1 aromatic carbocycles. The quantitative estimate of drug-likeness (QED) is 0.624. The van der Waals surface area contributed by atoms with Gasteiger partial charge in [0.15, 0.2) is 0 Å². The van der Waals surface area contributed by atoms with Gasteiger partial charge >= 0.3 is 5.97 Å². The number of amides is 1. The summed E-state index contributed by atoms with van der Waals surface area (Å²) >= 11 is 0. The van der Waals surface area contributed by atoms with Crippen LogP contribution in [0.15, 0.2) is 18.2 Å². The van der Waals surface area contributed by atoms with Crippen LogP contribution < -0.4 is 5.32 Å². The standard InChI is InChI=1S/C14H17NO5/c16-9-3-4-11(17)10(7-9)12(18)15-8-14(13(19)20)5-1-2-6-14/h3-4,7,16-17H,1-2,5-6,8H2,(H,15,18)(H,19,20). The number of benzene rings is 1. The topological polar surface area (TPSA) is 107 Å². The third-order valence-electron chi connectivity index (χ3n) is 3.83. The molecular weight excluding hydrogens is 262 g/mol. The zero-order chi connectivity index (χ0) is 14.8. The highest BCUT2D eigenvalue weighted by Crippen LogP contribution is 2.37. The molecule has 4 N–H and O–H groups in total. The van der Waals surface area contributed by atoms with Crippen LogP contribution in [0.3, 0.4) is 0 Å². The first-order chi connectivity index (χ1) is 9.44. The smallest absolute Gasteiger partial charge is 0.311 e. The molecule has 1 amide bonds. The van der Waals surface area contributed by atoms with E-state index >= 15 is 0 Å². The second-order valence-corrected chi connectivity index (χ2v) is 5.18. The second-order valence-electron chi connectivity index (χ2n) is 5.18. The number of rotatable bonds is 4. The maximum absolute atomic E-state index is 12.0. The van der Waals surface area contributed by atoms with Crippen LogP contribution in [0.1, 0.15) is 36.0 Å². The predicted molar refractivity (Wildman–Crippen MR) is 70.6 cm³/mol. The highest BCUT2D eigenvalue weighted by molar-refractivity contribution is 5.97. The summed E-state index contributed by atoms with van der Waals surface area (Å²) < 4.78 is 0. The van der Waals surface area contributed by atoms with Crippen LogP contribution in [0.5, 0.6) is 11.5 Å². The molecule has 0 aromatic heterocycles. The van der Waals surface area contributed by atoms with Crippen LogP contribution in [0.25, 0.3) is 0 Å². The van der Waals surface area contributed by atoms with E-state index in [9.17, 15) is 24.9 Å². The number of aromatic hydroxyl groups is 2. The Hall–Kier alpha value is -2.24. The fraction of sp³-hybridized carbons (Fsp3) is 0.429. The Morgan fingerprint density at radius 2 is 1.85 bits per heavy atom. The number of phenolic OH excluding ortho intramolecular Hbond substituents is 2. The van der Waals surface area contributed by atoms with E-state index in [4.69, 9.17) is 0 Å². The van der Waals surface area contributed by atoms with Crippen LogP contribution in [-0.4, -0.2) is 33.7 Å². The lowest BCUT2D eigenvalue weighted by molar-refractivity contribution is -0.148. The maximum atomic E-state index is 12.0. The Balaban J connectivity index is 2.08. The highest BCUT2D eigenvalue weighted by atomic mass is 16.4. The Labute approximate surface area is 116 Å². The molecular formula is C14H17NO5. The summed E-state index contributed by atoms with van der Waals surface area (Å²) in [6.45, 7) is 0.0241. The third kappa shape index (κ3) is 2.68. The summed E-state index contributed by atoms with van der Waals surface area (Å²) in [5.74, 6) is -1.89. The second kappa shape index (κ2) is 5.40. The molecule has 0 atom stereocenters. The molecule has 1 aromatic rings. The lowest BCUT2D eigenvalue weighted by Crippen LogP contribution is -2.41. The molecule has 1 aliphatic carbocycles. The molecule has 0 saturated heterocycles. The lowest BCUT2D eigenvalue weighted by Gasteiger charge is -2.24. The summed E-state index contributed by atoms with van der Waals surface area (Å²) in [6, 6.07) is 3.63. The van der Waals surface area contributed by atoms with Crippen LogP contribution in [0.2, 0.25) is 0 Å². The van der Waals surface area contributed by atoms with Crippen molar-refractivity contribution >= 4 is 11.9 Å². The minimum absolute atomic E-state index is 0.0241.